The van der Waals surface area contributed by atoms with Crippen LogP contribution in [0.5, 0.6) is 11.5 Å². The summed E-state index contributed by atoms with van der Waals surface area (Å²) in [6, 6.07) is 15.2. The summed E-state index contributed by atoms with van der Waals surface area (Å²) in [6.07, 6.45) is 1.57. The largest absolute Gasteiger partial charge is 0.493 e. The van der Waals surface area contributed by atoms with Gasteiger partial charge in [-0.3, -0.25) is 14.4 Å². The second-order valence-electron chi connectivity index (χ2n) is 13.3. The zero-order chi connectivity index (χ0) is 33.6. The van der Waals surface area contributed by atoms with Gasteiger partial charge in [0.1, 0.15) is 23.9 Å². The van der Waals surface area contributed by atoms with Crippen LogP contribution in [0.15, 0.2) is 48.5 Å². The number of hydrogen-bond acceptors (Lipinski definition) is 8. The van der Waals surface area contributed by atoms with Crippen LogP contribution in [0.1, 0.15) is 78.9 Å². The van der Waals surface area contributed by atoms with Crippen molar-refractivity contribution in [2.24, 2.45) is 29.6 Å². The van der Waals surface area contributed by atoms with Crippen LogP contribution < -0.4 is 9.47 Å². The standard InChI is InChI=1S/C37H54O8/c1-25(2)29(20-28-16-17-33(42-9)34(21-28)43-19-13-18-41-8)22-31(36(40)45-37(5,6)7)32(38)23-30(26(3)4)35(39)44-24-27-14-11-10-12-15-27/h10-12,14-17,21,25-26,29-31H,13,18-20,22-24H2,1-9H3. The van der Waals surface area contributed by atoms with Crippen LogP contribution in [0, 0.1) is 29.6 Å². The fraction of sp³-hybridized carbons (Fsp3) is 0.595. The van der Waals surface area contributed by atoms with Crippen molar-refractivity contribution >= 4 is 17.7 Å². The van der Waals surface area contributed by atoms with Crippen molar-refractivity contribution in [1.29, 1.82) is 0 Å². The molecule has 45 heavy (non-hydrogen) atoms. The van der Waals surface area contributed by atoms with Gasteiger partial charge in [-0.05, 0) is 74.6 Å². The van der Waals surface area contributed by atoms with Crippen LogP contribution in [0.3, 0.4) is 0 Å². The molecule has 0 aliphatic heterocycles. The highest BCUT2D eigenvalue weighted by atomic mass is 16.6. The fourth-order valence-corrected chi connectivity index (χ4v) is 5.06. The van der Waals surface area contributed by atoms with Gasteiger partial charge in [0.25, 0.3) is 0 Å². The molecule has 0 aliphatic rings. The minimum atomic E-state index is -1.01. The first-order valence-electron chi connectivity index (χ1n) is 16.0. The number of Topliss-reactive ketones (excluding diaryl/α,β-unsaturated/α-hetero) is 1. The minimum absolute atomic E-state index is 0.0243. The van der Waals surface area contributed by atoms with Gasteiger partial charge in [0.2, 0.25) is 0 Å². The van der Waals surface area contributed by atoms with E-state index < -0.39 is 29.4 Å². The van der Waals surface area contributed by atoms with E-state index in [9.17, 15) is 14.4 Å². The summed E-state index contributed by atoms with van der Waals surface area (Å²) in [4.78, 5) is 40.6. The molecular formula is C37H54O8. The van der Waals surface area contributed by atoms with Crippen molar-refractivity contribution in [1.82, 2.24) is 0 Å². The molecule has 0 fully saturated rings. The molecule has 2 rings (SSSR count). The van der Waals surface area contributed by atoms with Gasteiger partial charge in [0, 0.05) is 26.6 Å². The fourth-order valence-electron chi connectivity index (χ4n) is 5.06. The second kappa shape index (κ2) is 18.5. The predicted octanol–water partition coefficient (Wildman–Crippen LogP) is 7.25. The second-order valence-corrected chi connectivity index (χ2v) is 13.3. The number of rotatable bonds is 19. The van der Waals surface area contributed by atoms with Crippen LogP contribution in [0.25, 0.3) is 0 Å². The first-order chi connectivity index (χ1) is 21.2. The quantitative estimate of drug-likeness (QED) is 0.0914. The van der Waals surface area contributed by atoms with E-state index in [-0.39, 0.29) is 36.6 Å². The number of ketones is 1. The van der Waals surface area contributed by atoms with Crippen molar-refractivity contribution in [2.45, 2.75) is 86.4 Å². The maximum absolute atomic E-state index is 13.9. The van der Waals surface area contributed by atoms with Gasteiger partial charge in [-0.1, -0.05) is 64.1 Å². The molecule has 3 unspecified atom stereocenters. The molecule has 8 heteroatoms. The third-order valence-corrected chi connectivity index (χ3v) is 7.79. The summed E-state index contributed by atoms with van der Waals surface area (Å²) in [5, 5.41) is 0. The number of carbonyl (C=O) groups excluding carboxylic acids is 3. The Hall–Kier alpha value is -3.39. The summed E-state index contributed by atoms with van der Waals surface area (Å²) in [5.41, 5.74) is 1.12. The molecule has 0 aliphatic carbocycles. The number of methoxy groups -OCH3 is 2. The van der Waals surface area contributed by atoms with Crippen molar-refractivity contribution < 1.29 is 38.1 Å². The van der Waals surface area contributed by atoms with Gasteiger partial charge in [-0.15, -0.1) is 0 Å². The van der Waals surface area contributed by atoms with Gasteiger partial charge in [0.15, 0.2) is 11.5 Å². The highest BCUT2D eigenvalue weighted by molar-refractivity contribution is 6.00. The highest BCUT2D eigenvalue weighted by Crippen LogP contribution is 2.33. The average Bonchev–Trinajstić information content (AvgIpc) is 2.98. The summed E-state index contributed by atoms with van der Waals surface area (Å²) in [7, 11) is 3.26. The summed E-state index contributed by atoms with van der Waals surface area (Å²) >= 11 is 0. The van der Waals surface area contributed by atoms with Crippen LogP contribution in [0.4, 0.5) is 0 Å². The van der Waals surface area contributed by atoms with E-state index in [0.717, 1.165) is 17.5 Å². The Morgan fingerprint density at radius 1 is 0.800 bits per heavy atom. The summed E-state index contributed by atoms with van der Waals surface area (Å²) < 4.78 is 28.0. The van der Waals surface area contributed by atoms with E-state index >= 15 is 0 Å². The van der Waals surface area contributed by atoms with Crippen molar-refractivity contribution in [3.63, 3.8) is 0 Å². The third-order valence-electron chi connectivity index (χ3n) is 7.79. The van der Waals surface area contributed by atoms with Crippen LogP contribution in [-0.2, 0) is 41.6 Å². The summed E-state index contributed by atoms with van der Waals surface area (Å²) in [6.45, 7) is 14.5. The molecule has 0 saturated carbocycles. The van der Waals surface area contributed by atoms with E-state index in [1.165, 1.54) is 0 Å². The maximum Gasteiger partial charge on any atom is 0.317 e. The van der Waals surface area contributed by atoms with Gasteiger partial charge in [-0.25, -0.2) is 0 Å². The molecule has 3 atom stereocenters. The Kier molecular flexibility index (Phi) is 15.6. The molecule has 0 saturated heterocycles. The lowest BCUT2D eigenvalue weighted by Gasteiger charge is -2.29. The highest BCUT2D eigenvalue weighted by Gasteiger charge is 2.37. The molecular weight excluding hydrogens is 572 g/mol. The third kappa shape index (κ3) is 13.2. The zero-order valence-electron chi connectivity index (χ0n) is 28.7. The van der Waals surface area contributed by atoms with Crippen molar-refractivity contribution in [2.75, 3.05) is 27.4 Å². The smallest absolute Gasteiger partial charge is 0.317 e. The van der Waals surface area contributed by atoms with Crippen LogP contribution in [0.2, 0.25) is 0 Å². The molecule has 2 aromatic carbocycles. The molecule has 0 bridgehead atoms. The van der Waals surface area contributed by atoms with E-state index in [1.54, 1.807) is 35.0 Å². The van der Waals surface area contributed by atoms with E-state index in [2.05, 4.69) is 13.8 Å². The molecule has 0 spiro atoms. The Bertz CT molecular complexity index is 1200. The molecule has 2 aromatic rings. The predicted molar refractivity (Wildman–Crippen MR) is 175 cm³/mol. The Balaban J connectivity index is 2.27. The molecule has 0 aromatic heterocycles. The van der Waals surface area contributed by atoms with Crippen LogP contribution >= 0.6 is 0 Å². The maximum atomic E-state index is 13.9. The number of hydrogen-bond donors (Lipinski definition) is 0. The number of carbonyl (C=O) groups is 3. The van der Waals surface area contributed by atoms with Gasteiger partial charge in [-0.2, -0.15) is 0 Å². The molecule has 8 nitrogen and oxygen atoms in total. The molecule has 0 N–H and O–H groups in total. The van der Waals surface area contributed by atoms with E-state index in [1.807, 2.05) is 62.4 Å². The Labute approximate surface area is 270 Å². The Morgan fingerprint density at radius 3 is 2.07 bits per heavy atom. The molecule has 0 heterocycles. The zero-order valence-corrected chi connectivity index (χ0v) is 28.7. The number of benzene rings is 2. The normalized spacial score (nSPS) is 13.7. The summed E-state index contributed by atoms with van der Waals surface area (Å²) in [5.74, 6) is -1.74. The molecule has 250 valence electrons. The topological polar surface area (TPSA) is 97.4 Å². The van der Waals surface area contributed by atoms with Crippen LogP contribution in [-0.4, -0.2) is 50.8 Å². The first kappa shape index (κ1) is 37.8. The average molecular weight is 627 g/mol. The van der Waals surface area contributed by atoms with Crippen molar-refractivity contribution in [3.05, 3.63) is 59.7 Å². The number of esters is 2. The molecule has 0 amide bonds. The van der Waals surface area contributed by atoms with E-state index in [0.29, 0.717) is 37.6 Å². The van der Waals surface area contributed by atoms with E-state index in [4.69, 9.17) is 23.7 Å². The van der Waals surface area contributed by atoms with Gasteiger partial charge < -0.3 is 23.7 Å². The Morgan fingerprint density at radius 2 is 1.49 bits per heavy atom. The minimum Gasteiger partial charge on any atom is -0.493 e. The monoisotopic (exact) mass is 626 g/mol. The van der Waals surface area contributed by atoms with Gasteiger partial charge >= 0.3 is 11.9 Å². The van der Waals surface area contributed by atoms with Crippen molar-refractivity contribution in [3.8, 4) is 11.5 Å². The lowest BCUT2D eigenvalue weighted by atomic mass is 9.78. The van der Waals surface area contributed by atoms with Gasteiger partial charge in [0.05, 0.1) is 19.6 Å². The lowest BCUT2D eigenvalue weighted by molar-refractivity contribution is -0.164. The number of ether oxygens (including phenoxy) is 5. The lowest BCUT2D eigenvalue weighted by Crippen LogP contribution is -2.37. The first-order valence-corrected chi connectivity index (χ1v) is 16.0. The SMILES string of the molecule is COCCCOc1cc(CC(CC(C(=O)CC(C(=O)OCc2ccccc2)C(C)C)C(=O)OC(C)(C)C)C(C)C)ccc1OC. The molecule has 0 radical (unpaired) electrons.